The van der Waals surface area contributed by atoms with E-state index in [4.69, 9.17) is 5.11 Å². The summed E-state index contributed by atoms with van der Waals surface area (Å²) in [6, 6.07) is 3.11. The number of methoxy groups -OCH3 is 1. The molecule has 0 aliphatic carbocycles. The Bertz CT molecular complexity index is 404. The van der Waals surface area contributed by atoms with E-state index >= 15 is 0 Å². The Balaban J connectivity index is 2.84. The van der Waals surface area contributed by atoms with Crippen molar-refractivity contribution in [3.8, 4) is 11.8 Å². The van der Waals surface area contributed by atoms with Gasteiger partial charge in [0.1, 0.15) is 5.69 Å². The molecule has 0 unspecified atom stereocenters. The number of pyridine rings is 1. The number of rotatable bonds is 2. The minimum Gasteiger partial charge on any atom is -0.465 e. The maximum Gasteiger partial charge on any atom is 0.338 e. The molecule has 4 nitrogen and oxygen atoms in total. The highest BCUT2D eigenvalue weighted by molar-refractivity contribution is 5.89. The number of aliphatic hydroxyl groups excluding tert-OH is 1. The number of ether oxygens (including phenoxy) is 1. The predicted octanol–water partition coefficient (Wildman–Crippen LogP) is 0.602. The van der Waals surface area contributed by atoms with Crippen LogP contribution < -0.4 is 0 Å². The summed E-state index contributed by atoms with van der Waals surface area (Å²) in [6.45, 7) is 0.0176. The molecule has 1 N–H and O–H groups in total. The lowest BCUT2D eigenvalue weighted by Gasteiger charge is -1.97. The SMILES string of the molecule is COC(=O)c1ccnc(C#CCCO)c1. The van der Waals surface area contributed by atoms with Crippen LogP contribution >= 0.6 is 0 Å². The number of esters is 1. The molecule has 4 heteroatoms. The van der Waals surface area contributed by atoms with Crippen molar-refractivity contribution in [3.05, 3.63) is 29.6 Å². The van der Waals surface area contributed by atoms with Crippen molar-refractivity contribution in [3.63, 3.8) is 0 Å². The smallest absolute Gasteiger partial charge is 0.338 e. The van der Waals surface area contributed by atoms with Crippen molar-refractivity contribution in [2.75, 3.05) is 13.7 Å². The largest absolute Gasteiger partial charge is 0.465 e. The number of carbonyl (C=O) groups excluding carboxylic acids is 1. The highest BCUT2D eigenvalue weighted by atomic mass is 16.5. The Morgan fingerprint density at radius 2 is 2.47 bits per heavy atom. The summed E-state index contributed by atoms with van der Waals surface area (Å²) in [5, 5.41) is 8.53. The van der Waals surface area contributed by atoms with Crippen LogP contribution in [0.3, 0.4) is 0 Å². The van der Waals surface area contributed by atoms with Gasteiger partial charge < -0.3 is 9.84 Å². The van der Waals surface area contributed by atoms with Crippen LogP contribution in [0.2, 0.25) is 0 Å². The topological polar surface area (TPSA) is 59.4 Å². The van der Waals surface area contributed by atoms with Crippen molar-refractivity contribution in [2.45, 2.75) is 6.42 Å². The molecular weight excluding hydrogens is 194 g/mol. The van der Waals surface area contributed by atoms with E-state index in [2.05, 4.69) is 21.6 Å². The maximum atomic E-state index is 11.2. The lowest BCUT2D eigenvalue weighted by Crippen LogP contribution is -2.01. The number of aromatic nitrogens is 1. The zero-order valence-corrected chi connectivity index (χ0v) is 8.36. The first-order valence-corrected chi connectivity index (χ1v) is 4.42. The van der Waals surface area contributed by atoms with Crippen molar-refractivity contribution >= 4 is 5.97 Å². The summed E-state index contributed by atoms with van der Waals surface area (Å²) in [4.78, 5) is 15.1. The van der Waals surface area contributed by atoms with Gasteiger partial charge in [0.25, 0.3) is 0 Å². The summed E-state index contributed by atoms with van der Waals surface area (Å²) in [5.74, 6) is 5.04. The molecule has 0 saturated heterocycles. The summed E-state index contributed by atoms with van der Waals surface area (Å²) in [5.41, 5.74) is 0.909. The molecule has 0 radical (unpaired) electrons. The van der Waals surface area contributed by atoms with Gasteiger partial charge in [-0.2, -0.15) is 0 Å². The van der Waals surface area contributed by atoms with E-state index in [9.17, 15) is 4.79 Å². The average Bonchev–Trinajstić information content (AvgIpc) is 2.29. The van der Waals surface area contributed by atoms with Crippen molar-refractivity contribution in [1.82, 2.24) is 4.98 Å². The van der Waals surface area contributed by atoms with Gasteiger partial charge in [-0.15, -0.1) is 0 Å². The Morgan fingerprint density at radius 3 is 3.13 bits per heavy atom. The van der Waals surface area contributed by atoms with Crippen LogP contribution in [0.1, 0.15) is 22.5 Å². The molecule has 0 atom stereocenters. The second-order valence-corrected chi connectivity index (χ2v) is 2.70. The van der Waals surface area contributed by atoms with E-state index in [1.54, 1.807) is 12.1 Å². The summed E-state index contributed by atoms with van der Waals surface area (Å²) in [7, 11) is 1.32. The fourth-order valence-corrected chi connectivity index (χ4v) is 0.953. The standard InChI is InChI=1S/C11H11NO3/c1-15-11(14)9-5-6-12-10(8-9)4-2-3-7-13/h5-6,8,13H,3,7H2,1H3. The summed E-state index contributed by atoms with van der Waals surface area (Å²) in [6.07, 6.45) is 1.89. The molecule has 0 amide bonds. The van der Waals surface area contributed by atoms with Crippen molar-refractivity contribution < 1.29 is 14.6 Å². The van der Waals surface area contributed by atoms with Crippen LogP contribution in [-0.4, -0.2) is 29.8 Å². The minimum atomic E-state index is -0.414. The van der Waals surface area contributed by atoms with Gasteiger partial charge in [-0.05, 0) is 18.1 Å². The molecular formula is C11H11NO3. The first-order valence-electron chi connectivity index (χ1n) is 4.42. The third-order valence-corrected chi connectivity index (χ3v) is 1.63. The second kappa shape index (κ2) is 5.78. The van der Waals surface area contributed by atoms with E-state index in [1.807, 2.05) is 0 Å². The molecule has 0 aliphatic heterocycles. The molecule has 15 heavy (non-hydrogen) atoms. The van der Waals surface area contributed by atoms with Crippen LogP contribution in [0.5, 0.6) is 0 Å². The fourth-order valence-electron chi connectivity index (χ4n) is 0.953. The number of nitrogens with zero attached hydrogens (tertiary/aromatic N) is 1. The number of hydrogen-bond donors (Lipinski definition) is 1. The van der Waals surface area contributed by atoms with Crippen molar-refractivity contribution in [1.29, 1.82) is 0 Å². The summed E-state index contributed by atoms with van der Waals surface area (Å²) < 4.78 is 4.56. The van der Waals surface area contributed by atoms with Gasteiger partial charge in [0.05, 0.1) is 19.3 Å². The molecule has 0 aliphatic rings. The Hall–Kier alpha value is -1.86. The lowest BCUT2D eigenvalue weighted by molar-refractivity contribution is 0.0600. The lowest BCUT2D eigenvalue weighted by atomic mass is 10.2. The van der Waals surface area contributed by atoms with Crippen LogP contribution in [-0.2, 0) is 4.74 Å². The first-order chi connectivity index (χ1) is 7.27. The molecule has 78 valence electrons. The van der Waals surface area contributed by atoms with Gasteiger partial charge in [0.2, 0.25) is 0 Å². The molecule has 0 fully saturated rings. The van der Waals surface area contributed by atoms with E-state index in [-0.39, 0.29) is 6.61 Å². The normalized spacial score (nSPS) is 8.93. The van der Waals surface area contributed by atoms with Gasteiger partial charge in [0.15, 0.2) is 0 Å². The van der Waals surface area contributed by atoms with Crippen LogP contribution in [0.4, 0.5) is 0 Å². The number of carbonyl (C=O) groups is 1. The highest BCUT2D eigenvalue weighted by Gasteiger charge is 2.04. The van der Waals surface area contributed by atoms with E-state index in [0.717, 1.165) is 0 Å². The number of aliphatic hydroxyl groups is 1. The molecule has 1 aromatic heterocycles. The van der Waals surface area contributed by atoms with E-state index < -0.39 is 5.97 Å². The molecule has 0 bridgehead atoms. The summed E-state index contributed by atoms with van der Waals surface area (Å²) >= 11 is 0. The van der Waals surface area contributed by atoms with E-state index in [1.165, 1.54) is 13.3 Å². The molecule has 0 aromatic carbocycles. The monoisotopic (exact) mass is 205 g/mol. The molecule has 0 saturated carbocycles. The third-order valence-electron chi connectivity index (χ3n) is 1.63. The maximum absolute atomic E-state index is 11.2. The van der Waals surface area contributed by atoms with Gasteiger partial charge in [-0.25, -0.2) is 9.78 Å². The predicted molar refractivity (Wildman–Crippen MR) is 54.2 cm³/mol. The number of hydrogen-bond acceptors (Lipinski definition) is 4. The van der Waals surface area contributed by atoms with Crippen LogP contribution in [0.15, 0.2) is 18.3 Å². The van der Waals surface area contributed by atoms with Gasteiger partial charge in [-0.1, -0.05) is 5.92 Å². The molecule has 0 spiro atoms. The van der Waals surface area contributed by atoms with E-state index in [0.29, 0.717) is 17.7 Å². The fraction of sp³-hybridized carbons (Fsp3) is 0.273. The quantitative estimate of drug-likeness (QED) is 0.567. The second-order valence-electron chi connectivity index (χ2n) is 2.70. The average molecular weight is 205 g/mol. The van der Waals surface area contributed by atoms with Crippen LogP contribution in [0.25, 0.3) is 0 Å². The highest BCUT2D eigenvalue weighted by Crippen LogP contribution is 2.02. The minimum absolute atomic E-state index is 0.0176. The molecule has 1 aromatic rings. The van der Waals surface area contributed by atoms with Gasteiger partial charge in [0, 0.05) is 12.6 Å². The van der Waals surface area contributed by atoms with Gasteiger partial charge >= 0.3 is 5.97 Å². The molecule has 1 heterocycles. The van der Waals surface area contributed by atoms with Gasteiger partial charge in [-0.3, -0.25) is 0 Å². The Labute approximate surface area is 87.9 Å². The van der Waals surface area contributed by atoms with Crippen molar-refractivity contribution in [2.24, 2.45) is 0 Å². The molecule has 1 rings (SSSR count). The van der Waals surface area contributed by atoms with Crippen LogP contribution in [0, 0.1) is 11.8 Å². The Kier molecular flexibility index (Phi) is 4.32. The Morgan fingerprint density at radius 1 is 1.67 bits per heavy atom. The first kappa shape index (κ1) is 11.2. The third kappa shape index (κ3) is 3.41. The zero-order valence-electron chi connectivity index (χ0n) is 8.36. The zero-order chi connectivity index (χ0) is 11.1.